The molecule has 3 aromatic heterocycles. The van der Waals surface area contributed by atoms with Crippen LogP contribution in [0.2, 0.25) is 0 Å². The summed E-state index contributed by atoms with van der Waals surface area (Å²) in [6.07, 6.45) is 1.77. The lowest BCUT2D eigenvalue weighted by molar-refractivity contribution is 0.171. The van der Waals surface area contributed by atoms with Crippen LogP contribution in [0.15, 0.2) is 47.3 Å². The van der Waals surface area contributed by atoms with Crippen LogP contribution >= 0.6 is 0 Å². The molecular weight excluding hydrogens is 474 g/mol. The van der Waals surface area contributed by atoms with E-state index in [-0.39, 0.29) is 17.3 Å². The molecule has 0 aliphatic heterocycles. The molecule has 2 atom stereocenters. The summed E-state index contributed by atoms with van der Waals surface area (Å²) in [5.74, 6) is 1.78. The average molecular weight is 502 g/mol. The zero-order valence-corrected chi connectivity index (χ0v) is 20.9. The predicted molar refractivity (Wildman–Crippen MR) is 127 cm³/mol. The molecule has 186 valence electrons. The highest BCUT2D eigenvalue weighted by molar-refractivity contribution is 7.91. The minimum Gasteiger partial charge on any atom is -0.494 e. The largest absolute Gasteiger partial charge is 0.494 e. The highest BCUT2D eigenvalue weighted by atomic mass is 32.2. The number of nitrogens with zero attached hydrogens (tertiary/aromatic N) is 5. The molecule has 0 spiro atoms. The normalized spacial score (nSPS) is 13.5. The number of sulfone groups is 1. The number of benzene rings is 1. The number of aliphatic hydroxyl groups excluding tert-OH is 1. The van der Waals surface area contributed by atoms with Gasteiger partial charge in [0.05, 0.1) is 31.5 Å². The minimum absolute atomic E-state index is 0.108. The molecule has 4 rings (SSSR count). The fourth-order valence-corrected chi connectivity index (χ4v) is 5.09. The molecule has 0 radical (unpaired) electrons. The third-order valence-electron chi connectivity index (χ3n) is 5.69. The number of hydrogen-bond donors (Lipinski definition) is 1. The maximum atomic E-state index is 13.4. The molecule has 0 saturated heterocycles. The molecule has 1 aromatic carbocycles. The van der Waals surface area contributed by atoms with Crippen molar-refractivity contribution in [1.82, 2.24) is 24.3 Å². The summed E-state index contributed by atoms with van der Waals surface area (Å²) in [4.78, 5) is 4.08. The van der Waals surface area contributed by atoms with E-state index in [9.17, 15) is 13.5 Å². The van der Waals surface area contributed by atoms with Gasteiger partial charge in [-0.1, -0.05) is 6.07 Å². The third kappa shape index (κ3) is 4.66. The van der Waals surface area contributed by atoms with Crippen molar-refractivity contribution >= 4 is 9.84 Å². The van der Waals surface area contributed by atoms with E-state index in [2.05, 4.69) is 15.2 Å². The number of methoxy groups -OCH3 is 2. The van der Waals surface area contributed by atoms with E-state index < -0.39 is 26.9 Å². The fraction of sp³-hybridized carbons (Fsp3) is 0.348. The van der Waals surface area contributed by atoms with Crippen LogP contribution in [-0.2, 0) is 22.6 Å². The van der Waals surface area contributed by atoms with E-state index >= 15 is 0 Å². The lowest BCUT2D eigenvalue weighted by Gasteiger charge is -2.19. The highest BCUT2D eigenvalue weighted by Gasteiger charge is 2.34. The van der Waals surface area contributed by atoms with Gasteiger partial charge in [0.25, 0.3) is 0 Å². The first-order valence-electron chi connectivity index (χ1n) is 10.8. The van der Waals surface area contributed by atoms with Gasteiger partial charge in [-0.25, -0.2) is 13.4 Å². The molecular formula is C23H27N5O6S. The Morgan fingerprint density at radius 3 is 2.34 bits per heavy atom. The Bertz CT molecular complexity index is 1420. The van der Waals surface area contributed by atoms with E-state index in [1.54, 1.807) is 59.6 Å². The van der Waals surface area contributed by atoms with Crippen molar-refractivity contribution in [3.63, 3.8) is 0 Å². The Balaban J connectivity index is 1.83. The fourth-order valence-electron chi connectivity index (χ4n) is 3.75. The summed E-state index contributed by atoms with van der Waals surface area (Å²) in [5, 5.41) is 18.0. The quantitative estimate of drug-likeness (QED) is 0.367. The zero-order chi connectivity index (χ0) is 25.3. The van der Waals surface area contributed by atoms with Crippen LogP contribution in [0.4, 0.5) is 0 Å². The van der Waals surface area contributed by atoms with Gasteiger partial charge in [-0.2, -0.15) is 0 Å². The second-order valence-corrected chi connectivity index (χ2v) is 10.5. The van der Waals surface area contributed by atoms with Crippen LogP contribution in [0.3, 0.4) is 0 Å². The van der Waals surface area contributed by atoms with Crippen molar-refractivity contribution in [2.45, 2.75) is 31.0 Å². The molecule has 0 aliphatic rings. The third-order valence-corrected chi connectivity index (χ3v) is 7.74. The van der Waals surface area contributed by atoms with E-state index in [0.717, 1.165) is 0 Å². The van der Waals surface area contributed by atoms with E-state index in [1.165, 1.54) is 27.5 Å². The molecule has 3 heterocycles. The first kappa shape index (κ1) is 24.5. The van der Waals surface area contributed by atoms with Crippen molar-refractivity contribution in [3.05, 3.63) is 60.1 Å². The van der Waals surface area contributed by atoms with E-state index in [0.29, 0.717) is 28.7 Å². The number of para-hydroxylation sites is 1. The lowest BCUT2D eigenvalue weighted by Crippen LogP contribution is -2.28. The number of imidazole rings is 1. The first-order valence-corrected chi connectivity index (χ1v) is 12.5. The van der Waals surface area contributed by atoms with Gasteiger partial charge in [0.1, 0.15) is 34.8 Å². The molecule has 4 aromatic rings. The summed E-state index contributed by atoms with van der Waals surface area (Å²) >= 11 is 0. The summed E-state index contributed by atoms with van der Waals surface area (Å²) in [7, 11) is 0.822. The van der Waals surface area contributed by atoms with Crippen molar-refractivity contribution in [1.29, 1.82) is 0 Å². The molecule has 0 unspecified atom stereocenters. The summed E-state index contributed by atoms with van der Waals surface area (Å²) in [5.41, 5.74) is 0.692. The number of aromatic nitrogens is 5. The molecule has 35 heavy (non-hydrogen) atoms. The van der Waals surface area contributed by atoms with Gasteiger partial charge in [-0.15, -0.1) is 10.2 Å². The van der Waals surface area contributed by atoms with Gasteiger partial charge in [0.15, 0.2) is 21.4 Å². The number of aryl methyl sites for hydroxylation is 2. The van der Waals surface area contributed by atoms with Gasteiger partial charge in [0.2, 0.25) is 5.82 Å². The topological polar surface area (TPSA) is 134 Å². The van der Waals surface area contributed by atoms with Crippen LogP contribution in [-0.4, -0.2) is 57.3 Å². The molecule has 12 heteroatoms. The van der Waals surface area contributed by atoms with Gasteiger partial charge in [-0.05, 0) is 38.1 Å². The molecule has 0 bridgehead atoms. The Hall–Kier alpha value is -3.64. The van der Waals surface area contributed by atoms with Crippen LogP contribution in [0, 0.1) is 6.92 Å². The number of rotatable bonds is 9. The van der Waals surface area contributed by atoms with Crippen LogP contribution in [0.25, 0.3) is 17.3 Å². The van der Waals surface area contributed by atoms with Gasteiger partial charge in [0, 0.05) is 13.2 Å². The predicted octanol–water partition coefficient (Wildman–Crippen LogP) is 2.62. The van der Waals surface area contributed by atoms with Crippen molar-refractivity contribution in [2.24, 2.45) is 7.05 Å². The smallest absolute Gasteiger partial charge is 0.204 e. The molecule has 0 fully saturated rings. The van der Waals surface area contributed by atoms with Crippen LogP contribution in [0.1, 0.15) is 30.3 Å². The Morgan fingerprint density at radius 2 is 1.80 bits per heavy atom. The Kier molecular flexibility index (Phi) is 6.68. The SMILES string of the molecule is COc1cccc(OC)c1-n1c(CS(=O)(=O)[C@H](C)[C@@H](O)c2cn(C)cn2)nnc1-c1ccc(C)o1. The lowest BCUT2D eigenvalue weighted by atomic mass is 10.2. The molecule has 0 aliphatic carbocycles. The number of furan rings is 1. The monoisotopic (exact) mass is 501 g/mol. The van der Waals surface area contributed by atoms with E-state index in [4.69, 9.17) is 13.9 Å². The van der Waals surface area contributed by atoms with Crippen LogP contribution in [0.5, 0.6) is 11.5 Å². The number of hydrogen-bond acceptors (Lipinski definition) is 9. The Morgan fingerprint density at radius 1 is 1.11 bits per heavy atom. The second-order valence-electron chi connectivity index (χ2n) is 8.12. The van der Waals surface area contributed by atoms with Crippen LogP contribution < -0.4 is 9.47 Å². The van der Waals surface area contributed by atoms with Crippen molar-refractivity contribution in [3.8, 4) is 28.8 Å². The first-order chi connectivity index (χ1) is 16.7. The highest BCUT2D eigenvalue weighted by Crippen LogP contribution is 2.37. The average Bonchev–Trinajstić information content (AvgIpc) is 3.57. The molecule has 0 saturated carbocycles. The van der Waals surface area contributed by atoms with Gasteiger partial charge >= 0.3 is 0 Å². The van der Waals surface area contributed by atoms with Gasteiger partial charge in [-0.3, -0.25) is 4.57 Å². The number of aliphatic hydroxyl groups is 1. The summed E-state index contributed by atoms with van der Waals surface area (Å²) in [6, 6.07) is 8.70. The Labute approximate surface area is 202 Å². The second kappa shape index (κ2) is 9.55. The summed E-state index contributed by atoms with van der Waals surface area (Å²) < 4.78 is 46.9. The summed E-state index contributed by atoms with van der Waals surface area (Å²) in [6.45, 7) is 3.23. The van der Waals surface area contributed by atoms with Crippen molar-refractivity contribution < 1.29 is 27.4 Å². The van der Waals surface area contributed by atoms with Gasteiger partial charge < -0.3 is 23.6 Å². The molecule has 0 amide bonds. The maximum absolute atomic E-state index is 13.4. The minimum atomic E-state index is -3.92. The number of ether oxygens (including phenoxy) is 2. The van der Waals surface area contributed by atoms with E-state index in [1.807, 2.05) is 0 Å². The zero-order valence-electron chi connectivity index (χ0n) is 20.0. The molecule has 11 nitrogen and oxygen atoms in total. The standard InChI is InChI=1S/C23H27N5O6S/c1-14-9-10-19(34-14)23-26-25-20(28(23)21-17(32-4)7-6-8-18(21)33-5)12-35(30,31)15(2)22(29)16-11-27(3)13-24-16/h6-11,13,15,22,29H,12H2,1-5H3/t15-,22-/m1/s1. The maximum Gasteiger partial charge on any atom is 0.204 e. The molecule has 1 N–H and O–H groups in total. The van der Waals surface area contributed by atoms with Crippen molar-refractivity contribution in [2.75, 3.05) is 14.2 Å².